The number of aromatic nitrogens is 3. The number of nitrogens with zero attached hydrogens (tertiary/aromatic N) is 8. The van der Waals surface area contributed by atoms with Gasteiger partial charge in [-0.15, -0.1) is 0 Å². The number of carbonyl (C=O) groups excluding carboxylic acids is 4. The molecule has 0 aliphatic carbocycles. The van der Waals surface area contributed by atoms with Gasteiger partial charge in [0.1, 0.15) is 11.5 Å². The molecule has 5 saturated heterocycles. The van der Waals surface area contributed by atoms with Gasteiger partial charge in [0.15, 0.2) is 17.1 Å². The van der Waals surface area contributed by atoms with Crippen molar-refractivity contribution >= 4 is 57.7 Å². The highest BCUT2D eigenvalue weighted by Gasteiger charge is 2.36. The Morgan fingerprint density at radius 3 is 2.52 bits per heavy atom. The van der Waals surface area contributed by atoms with E-state index in [2.05, 4.69) is 53.7 Å². The molecule has 9 rings (SSSR count). The summed E-state index contributed by atoms with van der Waals surface area (Å²) in [4.78, 5) is 69.7. The van der Waals surface area contributed by atoms with Crippen LogP contribution in [0.4, 0.5) is 27.8 Å². The number of amides is 5. The molecule has 16 heteroatoms. The Balaban J connectivity index is 0.795. The fourth-order valence-electron chi connectivity index (χ4n) is 9.67. The van der Waals surface area contributed by atoms with Gasteiger partial charge in [0, 0.05) is 70.7 Å². The molecule has 5 aliphatic rings. The van der Waals surface area contributed by atoms with E-state index in [1.165, 1.54) is 5.56 Å². The lowest BCUT2D eigenvalue weighted by Crippen LogP contribution is -2.49. The molecule has 0 saturated carbocycles. The third kappa shape index (κ3) is 7.52. The van der Waals surface area contributed by atoms with Crippen molar-refractivity contribution in [1.82, 2.24) is 35.1 Å². The first kappa shape index (κ1) is 37.8. The van der Waals surface area contributed by atoms with Crippen LogP contribution in [0, 0.1) is 5.92 Å². The number of imide groups is 1. The Bertz CT molecular complexity index is 2200. The van der Waals surface area contributed by atoms with Crippen molar-refractivity contribution in [3.63, 3.8) is 0 Å². The van der Waals surface area contributed by atoms with E-state index in [0.717, 1.165) is 101 Å². The van der Waals surface area contributed by atoms with Crippen LogP contribution in [0.2, 0.25) is 0 Å². The zero-order valence-electron chi connectivity index (χ0n) is 32.9. The molecule has 4 aromatic rings. The van der Waals surface area contributed by atoms with Crippen LogP contribution in [0.5, 0.6) is 0 Å². The zero-order chi connectivity index (χ0) is 39.9. The molecule has 3 atom stereocenters. The minimum absolute atomic E-state index is 0.0685. The first-order valence-electron chi connectivity index (χ1n) is 20.7. The first-order chi connectivity index (χ1) is 28.2. The summed E-state index contributed by atoms with van der Waals surface area (Å²) in [5.41, 5.74) is 10.2. The maximum Gasteiger partial charge on any atom is 0.320 e. The van der Waals surface area contributed by atoms with Crippen molar-refractivity contribution in [2.75, 3.05) is 81.1 Å². The number of hydrogen-bond donors (Lipinski definition) is 3. The molecular formula is C42H51N11O5. The van der Waals surface area contributed by atoms with E-state index >= 15 is 0 Å². The molecule has 5 amide bonds. The van der Waals surface area contributed by atoms with Crippen molar-refractivity contribution in [2.45, 2.75) is 62.8 Å². The summed E-state index contributed by atoms with van der Waals surface area (Å²) >= 11 is 0. The van der Waals surface area contributed by atoms with Crippen LogP contribution in [0.1, 0.15) is 78.5 Å². The van der Waals surface area contributed by atoms with Gasteiger partial charge in [0.2, 0.25) is 11.8 Å². The molecule has 4 N–H and O–H groups in total. The van der Waals surface area contributed by atoms with E-state index in [1.54, 1.807) is 11.1 Å². The monoisotopic (exact) mass is 789 g/mol. The van der Waals surface area contributed by atoms with Gasteiger partial charge < -0.3 is 40.1 Å². The van der Waals surface area contributed by atoms with E-state index in [0.29, 0.717) is 54.1 Å². The third-order valence-corrected chi connectivity index (χ3v) is 12.9. The number of urea groups is 1. The van der Waals surface area contributed by atoms with E-state index in [-0.39, 0.29) is 29.6 Å². The van der Waals surface area contributed by atoms with Gasteiger partial charge in [-0.25, -0.2) is 14.8 Å². The van der Waals surface area contributed by atoms with E-state index < -0.39 is 11.8 Å². The number of nitrogens with two attached hydrogens (primary N) is 1. The number of piperidine rings is 3. The van der Waals surface area contributed by atoms with Crippen molar-refractivity contribution in [1.29, 1.82) is 0 Å². The van der Waals surface area contributed by atoms with Crippen LogP contribution >= 0.6 is 0 Å². The summed E-state index contributed by atoms with van der Waals surface area (Å²) < 4.78 is 5.68. The maximum absolute atomic E-state index is 12.7. The number of primary amides is 1. The summed E-state index contributed by atoms with van der Waals surface area (Å²) in [6.07, 6.45) is 7.45. The Hall–Kier alpha value is -5.77. The Labute approximate surface area is 337 Å². The molecule has 58 heavy (non-hydrogen) atoms. The van der Waals surface area contributed by atoms with Gasteiger partial charge >= 0.3 is 6.03 Å². The predicted octanol–water partition coefficient (Wildman–Crippen LogP) is 4.02. The van der Waals surface area contributed by atoms with Crippen molar-refractivity contribution in [2.24, 2.45) is 11.7 Å². The van der Waals surface area contributed by atoms with Gasteiger partial charge in [-0.05, 0) is 93.3 Å². The molecule has 2 aromatic heterocycles. The quantitative estimate of drug-likeness (QED) is 0.196. The van der Waals surface area contributed by atoms with Gasteiger partial charge in [-0.2, -0.15) is 0 Å². The number of rotatable bonds is 10. The summed E-state index contributed by atoms with van der Waals surface area (Å²) in [5, 5.41) is 11.0. The second-order valence-electron chi connectivity index (χ2n) is 16.6. The lowest BCUT2D eigenvalue weighted by Gasteiger charge is -2.37. The highest BCUT2D eigenvalue weighted by Crippen LogP contribution is 2.39. The molecular weight excluding hydrogens is 739 g/mol. The van der Waals surface area contributed by atoms with Gasteiger partial charge in [-0.3, -0.25) is 19.7 Å². The minimum Gasteiger partial charge on any atom is -0.371 e. The first-order valence-corrected chi connectivity index (χ1v) is 20.7. The molecule has 16 nitrogen and oxygen atoms in total. The lowest BCUT2D eigenvalue weighted by atomic mass is 9.89. The molecule has 1 unspecified atom stereocenters. The fourth-order valence-corrected chi connectivity index (χ4v) is 9.67. The summed E-state index contributed by atoms with van der Waals surface area (Å²) in [6.45, 7) is 7.87. The second kappa shape index (κ2) is 15.9. The molecule has 0 spiro atoms. The zero-order valence-corrected chi connectivity index (χ0v) is 32.9. The Morgan fingerprint density at radius 2 is 1.76 bits per heavy atom. The molecule has 2 aromatic carbocycles. The van der Waals surface area contributed by atoms with Crippen LogP contribution in [-0.4, -0.2) is 126 Å². The highest BCUT2D eigenvalue weighted by atomic mass is 16.5. The normalized spacial score (nSPS) is 23.6. The third-order valence-electron chi connectivity index (χ3n) is 12.9. The fraction of sp³-hybridized carbons (Fsp3) is 0.500. The minimum atomic E-state index is -0.649. The average molecular weight is 790 g/mol. The summed E-state index contributed by atoms with van der Waals surface area (Å²) in [7, 11) is 1.84. The molecule has 304 valence electrons. The van der Waals surface area contributed by atoms with Crippen molar-refractivity contribution < 1.29 is 23.7 Å². The standard InChI is InChI=1S/C42H51N11O5/c1-49-20-21-53(42(49)57)30-4-3-16-52(25-30)34-22-44-38(39(43)55)40(46-34)45-29-9-7-27(8-10-29)28-14-17-50(18-15-28)23-26-13-19-51(24-26)32-5-2-6-33-36(32)37(48-58-33)31-11-12-35(54)47-41(31)56/h2,5-10,22,26,28,30-31H,3-4,11-21,23-25H2,1H3,(H2,43,55)(H,45,46)(H,47,54,56)/t26-,30+,31?/m0/s1. The molecule has 0 bridgehead atoms. The lowest BCUT2D eigenvalue weighted by molar-refractivity contribution is -0.134. The van der Waals surface area contributed by atoms with Crippen LogP contribution < -0.4 is 26.2 Å². The topological polar surface area (TPSA) is 186 Å². The molecule has 0 radical (unpaired) electrons. The number of fused-ring (bicyclic) bond motifs is 1. The van der Waals surface area contributed by atoms with E-state index in [9.17, 15) is 19.2 Å². The van der Waals surface area contributed by atoms with E-state index in [4.69, 9.17) is 15.2 Å². The number of nitrogens with one attached hydrogen (secondary N) is 2. The largest absolute Gasteiger partial charge is 0.371 e. The number of likely N-dealkylation sites (N-methyl/N-ethyl adjacent to an activating group) is 1. The summed E-state index contributed by atoms with van der Waals surface area (Å²) in [5.74, 6) is 0.266. The van der Waals surface area contributed by atoms with Gasteiger partial charge in [0.25, 0.3) is 5.91 Å². The van der Waals surface area contributed by atoms with Crippen molar-refractivity contribution in [3.05, 3.63) is 65.6 Å². The Morgan fingerprint density at radius 1 is 0.931 bits per heavy atom. The number of anilines is 4. The van der Waals surface area contributed by atoms with Gasteiger partial charge in [-0.1, -0.05) is 23.4 Å². The van der Waals surface area contributed by atoms with Crippen LogP contribution in [0.25, 0.3) is 11.0 Å². The van der Waals surface area contributed by atoms with Crippen LogP contribution in [0.15, 0.2) is 53.2 Å². The molecule has 7 heterocycles. The smallest absolute Gasteiger partial charge is 0.320 e. The molecule has 5 fully saturated rings. The number of likely N-dealkylation sites (tertiary alicyclic amines) is 1. The molecule has 5 aliphatic heterocycles. The second-order valence-corrected chi connectivity index (χ2v) is 16.6. The maximum atomic E-state index is 12.7. The van der Waals surface area contributed by atoms with Crippen LogP contribution in [0.3, 0.4) is 0 Å². The van der Waals surface area contributed by atoms with Crippen molar-refractivity contribution in [3.8, 4) is 0 Å². The number of carbonyl (C=O) groups is 4. The number of hydrogen-bond acceptors (Lipinski definition) is 12. The number of benzene rings is 2. The predicted molar refractivity (Wildman–Crippen MR) is 218 cm³/mol. The average Bonchev–Trinajstić information content (AvgIpc) is 3.97. The van der Waals surface area contributed by atoms with Gasteiger partial charge in [0.05, 0.1) is 23.5 Å². The highest BCUT2D eigenvalue weighted by molar-refractivity contribution is 6.04. The van der Waals surface area contributed by atoms with E-state index in [1.807, 2.05) is 36.2 Å². The SMILES string of the molecule is CN1CCN([C@@H]2CCCN(c3cnc(C(N)=O)c(Nc4ccc(C5CCN(C[C@@H]6CCN(c7cccc8onc(C9CCC(=O)NC9=O)c78)C6)CC5)cc4)n3)C2)C1=O. The van der Waals surface area contributed by atoms with Crippen LogP contribution in [-0.2, 0) is 9.59 Å². The summed E-state index contributed by atoms with van der Waals surface area (Å²) in [6, 6.07) is 14.5. The Kier molecular flexibility index (Phi) is 10.3.